The van der Waals surface area contributed by atoms with Gasteiger partial charge in [0.25, 0.3) is 0 Å². The van der Waals surface area contributed by atoms with Gasteiger partial charge in [-0.1, -0.05) is 6.92 Å². The first-order valence-corrected chi connectivity index (χ1v) is 12.2. The van der Waals surface area contributed by atoms with Crippen LogP contribution in [-0.4, -0.2) is 30.7 Å². The SMILES string of the molecule is CCc1ccc2c(-c3cncc(Br)c3)c(CCCCC(=O)O)c(COCc3ccncc3)nn12. The molecular weight excluding hydrogens is 496 g/mol. The first kappa shape index (κ1) is 24.0. The lowest BCUT2D eigenvalue weighted by Crippen LogP contribution is -2.10. The van der Waals surface area contributed by atoms with E-state index in [1.165, 1.54) is 0 Å². The Morgan fingerprint density at radius 1 is 1.09 bits per heavy atom. The van der Waals surface area contributed by atoms with Crippen molar-refractivity contribution in [3.8, 4) is 11.1 Å². The van der Waals surface area contributed by atoms with E-state index in [-0.39, 0.29) is 6.42 Å². The van der Waals surface area contributed by atoms with Crippen LogP contribution in [-0.2, 0) is 35.6 Å². The molecule has 0 saturated carbocycles. The number of pyridine rings is 2. The number of unbranched alkanes of at least 4 members (excludes halogenated alkanes) is 1. The highest BCUT2D eigenvalue weighted by Gasteiger charge is 2.19. The van der Waals surface area contributed by atoms with Gasteiger partial charge in [0.05, 0.1) is 24.4 Å². The first-order valence-electron chi connectivity index (χ1n) is 11.4. The van der Waals surface area contributed by atoms with Crippen LogP contribution in [0.3, 0.4) is 0 Å². The molecule has 7 nitrogen and oxygen atoms in total. The summed E-state index contributed by atoms with van der Waals surface area (Å²) in [6, 6.07) is 10.1. The van der Waals surface area contributed by atoms with Crippen LogP contribution in [0.15, 0.2) is 59.6 Å². The molecule has 0 bridgehead atoms. The molecule has 0 atom stereocenters. The van der Waals surface area contributed by atoms with Gasteiger partial charge >= 0.3 is 5.97 Å². The molecule has 0 fully saturated rings. The predicted octanol–water partition coefficient (Wildman–Crippen LogP) is 5.63. The summed E-state index contributed by atoms with van der Waals surface area (Å²) in [6.07, 6.45) is 10.2. The normalized spacial score (nSPS) is 11.2. The molecule has 4 aromatic heterocycles. The third-order valence-electron chi connectivity index (χ3n) is 5.74. The number of rotatable bonds is 11. The molecule has 0 saturated heterocycles. The Balaban J connectivity index is 1.76. The number of aliphatic carboxylic acids is 1. The zero-order chi connectivity index (χ0) is 23.9. The highest BCUT2D eigenvalue weighted by atomic mass is 79.9. The molecule has 0 aliphatic heterocycles. The fourth-order valence-electron chi connectivity index (χ4n) is 4.10. The second kappa shape index (κ2) is 11.4. The van der Waals surface area contributed by atoms with E-state index in [1.807, 2.05) is 22.8 Å². The van der Waals surface area contributed by atoms with E-state index < -0.39 is 5.97 Å². The van der Waals surface area contributed by atoms with Crippen molar-refractivity contribution >= 4 is 27.4 Å². The van der Waals surface area contributed by atoms with Gasteiger partial charge in [0.1, 0.15) is 0 Å². The molecule has 176 valence electrons. The molecule has 0 aliphatic rings. The fraction of sp³-hybridized carbons (Fsp3) is 0.308. The van der Waals surface area contributed by atoms with Crippen molar-refractivity contribution in [3.05, 3.63) is 82.1 Å². The Morgan fingerprint density at radius 3 is 2.65 bits per heavy atom. The zero-order valence-electron chi connectivity index (χ0n) is 19.1. The fourth-order valence-corrected chi connectivity index (χ4v) is 4.47. The number of carboxylic acid groups (broad SMARTS) is 1. The van der Waals surface area contributed by atoms with Gasteiger partial charge in [-0.15, -0.1) is 0 Å². The first-order chi connectivity index (χ1) is 16.6. The predicted molar refractivity (Wildman–Crippen MR) is 133 cm³/mol. The van der Waals surface area contributed by atoms with Gasteiger partial charge in [-0.05, 0) is 83.1 Å². The topological polar surface area (TPSA) is 89.6 Å². The number of hydrogen-bond donors (Lipinski definition) is 1. The highest BCUT2D eigenvalue weighted by Crippen LogP contribution is 2.34. The van der Waals surface area contributed by atoms with E-state index in [0.717, 1.165) is 56.5 Å². The van der Waals surface area contributed by atoms with Crippen molar-refractivity contribution in [2.75, 3.05) is 0 Å². The average Bonchev–Trinajstić information content (AvgIpc) is 3.24. The number of halogens is 1. The molecule has 0 radical (unpaired) electrons. The zero-order valence-corrected chi connectivity index (χ0v) is 20.7. The molecule has 0 aliphatic carbocycles. The highest BCUT2D eigenvalue weighted by molar-refractivity contribution is 9.10. The minimum Gasteiger partial charge on any atom is -0.481 e. The Bertz CT molecular complexity index is 1270. The smallest absolute Gasteiger partial charge is 0.303 e. The molecule has 0 amide bonds. The minimum atomic E-state index is -0.773. The van der Waals surface area contributed by atoms with E-state index in [2.05, 4.69) is 51.0 Å². The number of carboxylic acids is 1. The number of aromatic nitrogens is 4. The van der Waals surface area contributed by atoms with Crippen molar-refractivity contribution in [3.63, 3.8) is 0 Å². The second-order valence-corrected chi connectivity index (χ2v) is 9.03. The van der Waals surface area contributed by atoms with Crippen LogP contribution in [0.1, 0.15) is 48.7 Å². The summed E-state index contributed by atoms with van der Waals surface area (Å²) in [6.45, 7) is 2.92. The Hall–Kier alpha value is -3.10. The summed E-state index contributed by atoms with van der Waals surface area (Å²) in [4.78, 5) is 19.5. The van der Waals surface area contributed by atoms with Gasteiger partial charge in [-0.25, -0.2) is 4.52 Å². The maximum Gasteiger partial charge on any atom is 0.303 e. The van der Waals surface area contributed by atoms with E-state index in [1.54, 1.807) is 18.6 Å². The number of carbonyl (C=O) groups is 1. The largest absolute Gasteiger partial charge is 0.481 e. The van der Waals surface area contributed by atoms with E-state index >= 15 is 0 Å². The number of aryl methyl sites for hydroxylation is 1. The van der Waals surface area contributed by atoms with Gasteiger partial charge in [0, 0.05) is 52.5 Å². The summed E-state index contributed by atoms with van der Waals surface area (Å²) in [5, 5.41) is 14.1. The minimum absolute atomic E-state index is 0.155. The van der Waals surface area contributed by atoms with Crippen molar-refractivity contribution in [2.45, 2.75) is 52.2 Å². The summed E-state index contributed by atoms with van der Waals surface area (Å²) in [5.74, 6) is -0.773. The third kappa shape index (κ3) is 5.69. The van der Waals surface area contributed by atoms with Gasteiger partial charge in [-0.2, -0.15) is 5.10 Å². The lowest BCUT2D eigenvalue weighted by Gasteiger charge is -2.18. The Labute approximate surface area is 207 Å². The lowest BCUT2D eigenvalue weighted by molar-refractivity contribution is -0.137. The van der Waals surface area contributed by atoms with Crippen molar-refractivity contribution in [1.82, 2.24) is 19.6 Å². The van der Waals surface area contributed by atoms with Crippen LogP contribution >= 0.6 is 15.9 Å². The number of hydrogen-bond acceptors (Lipinski definition) is 5. The molecule has 4 rings (SSSR count). The van der Waals surface area contributed by atoms with E-state index in [4.69, 9.17) is 14.9 Å². The number of nitrogens with zero attached hydrogens (tertiary/aromatic N) is 4. The maximum atomic E-state index is 11.0. The van der Waals surface area contributed by atoms with Crippen LogP contribution in [0, 0.1) is 0 Å². The van der Waals surface area contributed by atoms with Gasteiger partial charge in [0.2, 0.25) is 0 Å². The number of fused-ring (bicyclic) bond motifs is 1. The van der Waals surface area contributed by atoms with E-state index in [0.29, 0.717) is 26.1 Å². The molecule has 1 N–H and O–H groups in total. The number of ether oxygens (including phenoxy) is 1. The van der Waals surface area contributed by atoms with Gasteiger partial charge in [-0.3, -0.25) is 14.8 Å². The molecule has 0 aromatic carbocycles. The molecule has 4 heterocycles. The average molecular weight is 523 g/mol. The lowest BCUT2D eigenvalue weighted by atomic mass is 9.95. The van der Waals surface area contributed by atoms with E-state index in [9.17, 15) is 4.79 Å². The third-order valence-corrected chi connectivity index (χ3v) is 6.17. The van der Waals surface area contributed by atoms with Crippen LogP contribution in [0.5, 0.6) is 0 Å². The summed E-state index contributed by atoms with van der Waals surface area (Å²) >= 11 is 3.55. The van der Waals surface area contributed by atoms with Crippen molar-refractivity contribution in [1.29, 1.82) is 0 Å². The molecule has 4 aromatic rings. The van der Waals surface area contributed by atoms with Crippen LogP contribution in [0.25, 0.3) is 16.6 Å². The molecule has 34 heavy (non-hydrogen) atoms. The van der Waals surface area contributed by atoms with Crippen molar-refractivity contribution < 1.29 is 14.6 Å². The summed E-state index contributed by atoms with van der Waals surface area (Å²) in [5.41, 5.74) is 7.18. The standard InChI is InChI=1S/C26H27BrN4O3/c1-2-21-7-8-24-26(19-13-20(27)15-29-14-19)22(5-3-4-6-25(32)33)23(30-31(21)24)17-34-16-18-9-11-28-12-10-18/h7-15H,2-6,16-17H2,1H3,(H,32,33). The molecule has 8 heteroatoms. The molecule has 0 unspecified atom stereocenters. The monoisotopic (exact) mass is 522 g/mol. The Morgan fingerprint density at radius 2 is 1.91 bits per heavy atom. The van der Waals surface area contributed by atoms with Gasteiger partial charge in [0.15, 0.2) is 0 Å². The molecule has 0 spiro atoms. The summed E-state index contributed by atoms with van der Waals surface area (Å²) in [7, 11) is 0. The summed E-state index contributed by atoms with van der Waals surface area (Å²) < 4.78 is 8.98. The second-order valence-electron chi connectivity index (χ2n) is 8.12. The van der Waals surface area contributed by atoms with Gasteiger partial charge < -0.3 is 9.84 Å². The Kier molecular flexibility index (Phi) is 8.03. The van der Waals surface area contributed by atoms with Crippen molar-refractivity contribution in [2.24, 2.45) is 0 Å². The van der Waals surface area contributed by atoms with Crippen LogP contribution in [0.4, 0.5) is 0 Å². The van der Waals surface area contributed by atoms with Crippen LogP contribution in [0.2, 0.25) is 0 Å². The quantitative estimate of drug-likeness (QED) is 0.256. The molecular formula is C26H27BrN4O3. The maximum absolute atomic E-state index is 11.0. The van der Waals surface area contributed by atoms with Crippen LogP contribution < -0.4 is 0 Å².